The van der Waals surface area contributed by atoms with Crippen LogP contribution in [0.5, 0.6) is 0 Å². The standard InChI is InChI=1S/C24H30N6O/c1-16-15-18(21-17(2)27-28(3)23(21)25-16)24(31)26-22-19(29-11-4-5-12-29)9-8-10-20(22)30-13-6-7-14-30/h8-10,15H,4-7,11-14H2,1-3H3,(H,26,31). The van der Waals surface area contributed by atoms with E-state index in [-0.39, 0.29) is 5.91 Å². The molecule has 1 aromatic carbocycles. The molecule has 0 radical (unpaired) electrons. The monoisotopic (exact) mass is 418 g/mol. The van der Waals surface area contributed by atoms with Gasteiger partial charge in [0.15, 0.2) is 5.65 Å². The fourth-order valence-corrected chi connectivity index (χ4v) is 5.03. The molecule has 2 saturated heterocycles. The Bertz CT molecular complexity index is 1100. The van der Waals surface area contributed by atoms with Crippen molar-refractivity contribution in [2.45, 2.75) is 39.5 Å². The Morgan fingerprint density at radius 1 is 0.968 bits per heavy atom. The lowest BCUT2D eigenvalue weighted by Crippen LogP contribution is -2.25. The zero-order valence-corrected chi connectivity index (χ0v) is 18.6. The molecule has 5 rings (SSSR count). The summed E-state index contributed by atoms with van der Waals surface area (Å²) in [5.74, 6) is -0.0984. The van der Waals surface area contributed by atoms with Crippen LogP contribution in [0.15, 0.2) is 24.3 Å². The van der Waals surface area contributed by atoms with Gasteiger partial charge in [0.2, 0.25) is 0 Å². The fraction of sp³-hybridized carbons (Fsp3) is 0.458. The summed E-state index contributed by atoms with van der Waals surface area (Å²) in [7, 11) is 1.87. The van der Waals surface area contributed by atoms with Crippen molar-refractivity contribution < 1.29 is 4.79 Å². The number of hydrogen-bond acceptors (Lipinski definition) is 5. The second-order valence-corrected chi connectivity index (χ2v) is 8.73. The summed E-state index contributed by atoms with van der Waals surface area (Å²) in [5, 5.41) is 8.64. The minimum atomic E-state index is -0.0984. The molecule has 31 heavy (non-hydrogen) atoms. The second kappa shape index (κ2) is 7.87. The first-order valence-corrected chi connectivity index (χ1v) is 11.3. The maximum absolute atomic E-state index is 13.7. The molecular formula is C24H30N6O. The van der Waals surface area contributed by atoms with Gasteiger partial charge in [0.25, 0.3) is 5.91 Å². The first-order valence-electron chi connectivity index (χ1n) is 11.3. The highest BCUT2D eigenvalue weighted by Crippen LogP contribution is 2.39. The van der Waals surface area contributed by atoms with E-state index < -0.39 is 0 Å². The Hall–Kier alpha value is -3.09. The van der Waals surface area contributed by atoms with Crippen LogP contribution in [0, 0.1) is 13.8 Å². The predicted octanol–water partition coefficient (Wildman–Crippen LogP) is 4.04. The number of aromatic nitrogens is 3. The zero-order chi connectivity index (χ0) is 21.5. The quantitative estimate of drug-likeness (QED) is 0.693. The molecule has 7 heteroatoms. The van der Waals surface area contributed by atoms with E-state index in [0.717, 1.165) is 65.7 Å². The van der Waals surface area contributed by atoms with Crippen molar-refractivity contribution in [3.8, 4) is 0 Å². The van der Waals surface area contributed by atoms with Gasteiger partial charge in [-0.05, 0) is 57.7 Å². The number of hydrogen-bond donors (Lipinski definition) is 1. The van der Waals surface area contributed by atoms with Gasteiger partial charge >= 0.3 is 0 Å². The van der Waals surface area contributed by atoms with Crippen molar-refractivity contribution in [2.24, 2.45) is 7.05 Å². The van der Waals surface area contributed by atoms with Gasteiger partial charge in [0.1, 0.15) is 0 Å². The molecule has 2 aliphatic rings. The highest BCUT2D eigenvalue weighted by Gasteiger charge is 2.25. The maximum atomic E-state index is 13.7. The molecule has 1 amide bonds. The van der Waals surface area contributed by atoms with Crippen molar-refractivity contribution >= 4 is 34.0 Å². The normalized spacial score (nSPS) is 16.5. The van der Waals surface area contributed by atoms with E-state index in [9.17, 15) is 4.79 Å². The number of nitrogens with one attached hydrogen (secondary N) is 1. The Morgan fingerprint density at radius 3 is 2.13 bits per heavy atom. The molecular weight excluding hydrogens is 388 g/mol. The number of benzene rings is 1. The van der Waals surface area contributed by atoms with Crippen molar-refractivity contribution in [1.82, 2.24) is 14.8 Å². The number of rotatable bonds is 4. The first kappa shape index (κ1) is 19.8. The molecule has 2 aliphatic heterocycles. The van der Waals surface area contributed by atoms with Crippen molar-refractivity contribution in [1.29, 1.82) is 0 Å². The Labute approximate surface area is 183 Å². The Balaban J connectivity index is 1.59. The van der Waals surface area contributed by atoms with E-state index in [4.69, 9.17) is 0 Å². The first-order chi connectivity index (χ1) is 15.0. The van der Waals surface area contributed by atoms with E-state index in [2.05, 4.69) is 43.4 Å². The van der Waals surface area contributed by atoms with E-state index in [1.165, 1.54) is 25.7 Å². The van der Waals surface area contributed by atoms with Gasteiger partial charge in [-0.25, -0.2) is 4.98 Å². The van der Waals surface area contributed by atoms with Crippen LogP contribution in [-0.4, -0.2) is 46.9 Å². The summed E-state index contributed by atoms with van der Waals surface area (Å²) in [5.41, 5.74) is 6.20. The molecule has 7 nitrogen and oxygen atoms in total. The number of aryl methyl sites for hydroxylation is 3. The highest BCUT2D eigenvalue weighted by atomic mass is 16.1. The van der Waals surface area contributed by atoms with Gasteiger partial charge < -0.3 is 15.1 Å². The third kappa shape index (κ3) is 3.52. The van der Waals surface area contributed by atoms with Crippen LogP contribution < -0.4 is 15.1 Å². The maximum Gasteiger partial charge on any atom is 0.256 e. The summed E-state index contributed by atoms with van der Waals surface area (Å²) in [6, 6.07) is 8.28. The van der Waals surface area contributed by atoms with Crippen LogP contribution in [0.3, 0.4) is 0 Å². The highest BCUT2D eigenvalue weighted by molar-refractivity contribution is 6.15. The second-order valence-electron chi connectivity index (χ2n) is 8.73. The summed E-state index contributed by atoms with van der Waals surface area (Å²) >= 11 is 0. The molecule has 0 spiro atoms. The van der Waals surface area contributed by atoms with Crippen molar-refractivity contribution in [3.63, 3.8) is 0 Å². The van der Waals surface area contributed by atoms with Gasteiger partial charge in [-0.1, -0.05) is 6.07 Å². The molecule has 2 aromatic heterocycles. The van der Waals surface area contributed by atoms with E-state index in [0.29, 0.717) is 5.56 Å². The fourth-order valence-electron chi connectivity index (χ4n) is 5.03. The lowest BCUT2D eigenvalue weighted by Gasteiger charge is -2.28. The minimum absolute atomic E-state index is 0.0984. The number of pyridine rings is 1. The van der Waals surface area contributed by atoms with Crippen LogP contribution in [0.1, 0.15) is 47.4 Å². The Morgan fingerprint density at radius 2 is 1.55 bits per heavy atom. The van der Waals surface area contributed by atoms with Gasteiger partial charge in [-0.2, -0.15) is 5.10 Å². The SMILES string of the molecule is Cc1cc(C(=O)Nc2c(N3CCCC3)cccc2N2CCCC2)c2c(C)nn(C)c2n1. The Kier molecular flexibility index (Phi) is 5.04. The molecule has 0 unspecified atom stereocenters. The van der Waals surface area contributed by atoms with E-state index in [1.807, 2.05) is 27.0 Å². The smallest absolute Gasteiger partial charge is 0.256 e. The lowest BCUT2D eigenvalue weighted by atomic mass is 10.1. The van der Waals surface area contributed by atoms with Crippen LogP contribution in [-0.2, 0) is 7.05 Å². The largest absolute Gasteiger partial charge is 0.370 e. The molecule has 0 aliphatic carbocycles. The third-order valence-corrected chi connectivity index (χ3v) is 6.49. The number of fused-ring (bicyclic) bond motifs is 1. The van der Waals surface area contributed by atoms with Crippen LogP contribution in [0.25, 0.3) is 11.0 Å². The number of amides is 1. The number of anilines is 3. The molecule has 2 fully saturated rings. The van der Waals surface area contributed by atoms with E-state index >= 15 is 0 Å². The average Bonchev–Trinajstić information content (AvgIpc) is 3.51. The molecule has 4 heterocycles. The molecule has 0 bridgehead atoms. The minimum Gasteiger partial charge on any atom is -0.370 e. The lowest BCUT2D eigenvalue weighted by molar-refractivity contribution is 0.102. The van der Waals surface area contributed by atoms with Gasteiger partial charge in [0.05, 0.1) is 33.7 Å². The third-order valence-electron chi connectivity index (χ3n) is 6.49. The number of carbonyl (C=O) groups excluding carboxylic acids is 1. The molecule has 162 valence electrons. The van der Waals surface area contributed by atoms with Crippen LogP contribution >= 0.6 is 0 Å². The zero-order valence-electron chi connectivity index (χ0n) is 18.6. The molecule has 0 saturated carbocycles. The number of nitrogens with zero attached hydrogens (tertiary/aromatic N) is 5. The summed E-state index contributed by atoms with van der Waals surface area (Å²) in [6.07, 6.45) is 4.78. The summed E-state index contributed by atoms with van der Waals surface area (Å²) < 4.78 is 1.75. The van der Waals surface area contributed by atoms with Gasteiger partial charge in [0, 0.05) is 38.9 Å². The van der Waals surface area contributed by atoms with Crippen LogP contribution in [0.4, 0.5) is 17.1 Å². The van der Waals surface area contributed by atoms with Crippen molar-refractivity contribution in [2.75, 3.05) is 41.3 Å². The number of carbonyl (C=O) groups is 1. The van der Waals surface area contributed by atoms with Gasteiger partial charge in [-0.15, -0.1) is 0 Å². The summed E-state index contributed by atoms with van der Waals surface area (Å²) in [4.78, 5) is 23.1. The average molecular weight is 419 g/mol. The predicted molar refractivity (Wildman–Crippen MR) is 125 cm³/mol. The molecule has 0 atom stereocenters. The van der Waals surface area contributed by atoms with E-state index in [1.54, 1.807) is 4.68 Å². The topological polar surface area (TPSA) is 66.3 Å². The van der Waals surface area contributed by atoms with Gasteiger partial charge in [-0.3, -0.25) is 9.48 Å². The van der Waals surface area contributed by atoms with Crippen LogP contribution in [0.2, 0.25) is 0 Å². The molecule has 3 aromatic rings. The summed E-state index contributed by atoms with van der Waals surface area (Å²) in [6.45, 7) is 7.99. The molecule has 1 N–H and O–H groups in total. The number of para-hydroxylation sites is 1. The van der Waals surface area contributed by atoms with Crippen molar-refractivity contribution in [3.05, 3.63) is 41.2 Å².